The first-order valence-corrected chi connectivity index (χ1v) is 6.12. The Hall–Kier alpha value is -1.32. The lowest BCUT2D eigenvalue weighted by molar-refractivity contribution is 0.107. The highest BCUT2D eigenvalue weighted by Crippen LogP contribution is 2.31. The van der Waals surface area contributed by atoms with E-state index in [0.29, 0.717) is 6.54 Å². The van der Waals surface area contributed by atoms with Crippen LogP contribution in [0.4, 0.5) is 0 Å². The molecule has 3 heteroatoms. The lowest BCUT2D eigenvalue weighted by atomic mass is 9.92. The molecule has 1 aromatic heterocycles. The number of furan rings is 1. The van der Waals surface area contributed by atoms with Crippen molar-refractivity contribution in [3.63, 3.8) is 0 Å². The number of nitrogens with two attached hydrogens (primary N) is 1. The molecule has 0 aliphatic heterocycles. The van der Waals surface area contributed by atoms with Crippen molar-refractivity contribution in [2.45, 2.75) is 25.9 Å². The van der Waals surface area contributed by atoms with E-state index in [-0.39, 0.29) is 5.92 Å². The predicted molar refractivity (Wildman–Crippen MR) is 68.6 cm³/mol. The average Bonchev–Trinajstić information content (AvgIpc) is 2.79. The van der Waals surface area contributed by atoms with Crippen molar-refractivity contribution in [1.82, 2.24) is 0 Å². The van der Waals surface area contributed by atoms with Gasteiger partial charge >= 0.3 is 0 Å². The summed E-state index contributed by atoms with van der Waals surface area (Å²) in [5, 5.41) is 11.3. The molecule has 1 heterocycles. The molecule has 0 aliphatic carbocycles. The Morgan fingerprint density at radius 1 is 1.35 bits per heavy atom. The maximum atomic E-state index is 10.4. The fourth-order valence-electron chi connectivity index (χ4n) is 2.26. The van der Waals surface area contributed by atoms with Gasteiger partial charge in [0, 0.05) is 16.9 Å². The topological polar surface area (TPSA) is 59.4 Å². The van der Waals surface area contributed by atoms with E-state index in [1.54, 1.807) is 6.26 Å². The number of hydrogen-bond donors (Lipinski definition) is 2. The molecule has 3 nitrogen and oxygen atoms in total. The first-order valence-electron chi connectivity index (χ1n) is 6.12. The minimum Gasteiger partial charge on any atom is -0.464 e. The second kappa shape index (κ2) is 5.34. The van der Waals surface area contributed by atoms with Gasteiger partial charge in [0.25, 0.3) is 0 Å². The van der Waals surface area contributed by atoms with Crippen molar-refractivity contribution in [3.8, 4) is 0 Å². The first-order chi connectivity index (χ1) is 8.27. The van der Waals surface area contributed by atoms with Crippen LogP contribution in [0.25, 0.3) is 11.0 Å². The normalized spacial score (nSPS) is 15.0. The molecule has 1 aromatic carbocycles. The molecular weight excluding hydrogens is 214 g/mol. The summed E-state index contributed by atoms with van der Waals surface area (Å²) in [7, 11) is 0. The Kier molecular flexibility index (Phi) is 3.82. The third-order valence-corrected chi connectivity index (χ3v) is 3.24. The average molecular weight is 233 g/mol. The molecule has 2 atom stereocenters. The summed E-state index contributed by atoms with van der Waals surface area (Å²) in [5.74, 6) is 0.0982. The predicted octanol–water partition coefficient (Wildman–Crippen LogP) is 2.84. The van der Waals surface area contributed by atoms with Crippen molar-refractivity contribution >= 4 is 11.0 Å². The largest absolute Gasteiger partial charge is 0.464 e. The minimum atomic E-state index is -0.538. The molecule has 17 heavy (non-hydrogen) atoms. The number of hydrogen-bond acceptors (Lipinski definition) is 3. The number of rotatable bonds is 5. The molecule has 2 unspecified atom stereocenters. The first kappa shape index (κ1) is 12.1. The van der Waals surface area contributed by atoms with E-state index in [0.717, 1.165) is 29.4 Å². The minimum absolute atomic E-state index is 0.0982. The zero-order valence-electron chi connectivity index (χ0n) is 10.1. The molecule has 2 rings (SSSR count). The molecule has 0 bridgehead atoms. The van der Waals surface area contributed by atoms with Gasteiger partial charge in [0.2, 0.25) is 0 Å². The molecule has 0 saturated heterocycles. The van der Waals surface area contributed by atoms with Gasteiger partial charge in [-0.25, -0.2) is 0 Å². The summed E-state index contributed by atoms with van der Waals surface area (Å²) < 4.78 is 5.44. The van der Waals surface area contributed by atoms with E-state index in [2.05, 4.69) is 6.92 Å². The van der Waals surface area contributed by atoms with Gasteiger partial charge in [-0.1, -0.05) is 31.5 Å². The van der Waals surface area contributed by atoms with Crippen LogP contribution in [0, 0.1) is 5.92 Å². The summed E-state index contributed by atoms with van der Waals surface area (Å²) in [4.78, 5) is 0. The van der Waals surface area contributed by atoms with E-state index in [1.807, 2.05) is 24.3 Å². The van der Waals surface area contributed by atoms with Crippen molar-refractivity contribution in [3.05, 3.63) is 36.1 Å². The summed E-state index contributed by atoms with van der Waals surface area (Å²) in [6.07, 6.45) is 3.06. The van der Waals surface area contributed by atoms with E-state index in [9.17, 15) is 5.11 Å². The second-order valence-corrected chi connectivity index (χ2v) is 4.42. The lowest BCUT2D eigenvalue weighted by Gasteiger charge is -2.20. The van der Waals surface area contributed by atoms with Crippen LogP contribution < -0.4 is 5.73 Å². The Bertz CT molecular complexity index is 478. The molecule has 92 valence electrons. The summed E-state index contributed by atoms with van der Waals surface area (Å²) in [6.45, 7) is 2.59. The second-order valence-electron chi connectivity index (χ2n) is 4.42. The fraction of sp³-hybridized carbons (Fsp3) is 0.429. The van der Waals surface area contributed by atoms with Gasteiger partial charge in [-0.3, -0.25) is 0 Å². The third kappa shape index (κ3) is 2.35. The van der Waals surface area contributed by atoms with Gasteiger partial charge in [-0.2, -0.15) is 0 Å². The Labute approximate surface area is 101 Å². The zero-order chi connectivity index (χ0) is 12.3. The van der Waals surface area contributed by atoms with Crippen LogP contribution in [0.2, 0.25) is 0 Å². The number of para-hydroxylation sites is 1. The Balaban J connectivity index is 2.32. The highest BCUT2D eigenvalue weighted by atomic mass is 16.3. The maximum Gasteiger partial charge on any atom is 0.134 e. The SMILES string of the molecule is CCCC(CN)C(O)c1coc2ccccc12. The van der Waals surface area contributed by atoms with Crippen LogP contribution in [-0.4, -0.2) is 11.7 Å². The number of aliphatic hydroxyl groups excluding tert-OH is 1. The number of benzene rings is 1. The van der Waals surface area contributed by atoms with E-state index < -0.39 is 6.10 Å². The Morgan fingerprint density at radius 2 is 2.12 bits per heavy atom. The van der Waals surface area contributed by atoms with Crippen LogP contribution in [-0.2, 0) is 0 Å². The number of aliphatic hydroxyl groups is 1. The summed E-state index contributed by atoms with van der Waals surface area (Å²) in [5.41, 5.74) is 7.38. The van der Waals surface area contributed by atoms with Crippen molar-refractivity contribution in [2.75, 3.05) is 6.54 Å². The van der Waals surface area contributed by atoms with Crippen LogP contribution >= 0.6 is 0 Å². The monoisotopic (exact) mass is 233 g/mol. The highest BCUT2D eigenvalue weighted by molar-refractivity contribution is 5.81. The lowest BCUT2D eigenvalue weighted by Crippen LogP contribution is -2.21. The summed E-state index contributed by atoms with van der Waals surface area (Å²) >= 11 is 0. The van der Waals surface area contributed by atoms with Crippen LogP contribution in [0.1, 0.15) is 31.4 Å². The Morgan fingerprint density at radius 3 is 2.82 bits per heavy atom. The molecule has 2 aromatic rings. The molecule has 0 aliphatic rings. The fourth-order valence-corrected chi connectivity index (χ4v) is 2.26. The van der Waals surface area contributed by atoms with Gasteiger partial charge in [0.15, 0.2) is 0 Å². The zero-order valence-corrected chi connectivity index (χ0v) is 10.1. The van der Waals surface area contributed by atoms with Crippen molar-refractivity contribution < 1.29 is 9.52 Å². The van der Waals surface area contributed by atoms with E-state index in [4.69, 9.17) is 10.2 Å². The molecule has 0 amide bonds. The smallest absolute Gasteiger partial charge is 0.134 e. The van der Waals surface area contributed by atoms with Crippen LogP contribution in [0.5, 0.6) is 0 Å². The molecule has 3 N–H and O–H groups in total. The maximum absolute atomic E-state index is 10.4. The quantitative estimate of drug-likeness (QED) is 0.834. The number of fused-ring (bicyclic) bond motifs is 1. The molecular formula is C14H19NO2. The molecule has 0 radical (unpaired) electrons. The van der Waals surface area contributed by atoms with Crippen molar-refractivity contribution in [2.24, 2.45) is 11.7 Å². The molecule has 0 spiro atoms. The van der Waals surface area contributed by atoms with E-state index >= 15 is 0 Å². The molecule has 0 saturated carbocycles. The van der Waals surface area contributed by atoms with Crippen LogP contribution in [0.3, 0.4) is 0 Å². The highest BCUT2D eigenvalue weighted by Gasteiger charge is 2.22. The van der Waals surface area contributed by atoms with Gasteiger partial charge in [0.1, 0.15) is 5.58 Å². The summed E-state index contributed by atoms with van der Waals surface area (Å²) in [6, 6.07) is 7.75. The standard InChI is InChI=1S/C14H19NO2/c1-2-5-10(8-15)14(16)12-9-17-13-7-4-3-6-11(12)13/h3-4,6-7,9-10,14,16H,2,5,8,15H2,1H3. The third-order valence-electron chi connectivity index (χ3n) is 3.24. The van der Waals surface area contributed by atoms with Crippen molar-refractivity contribution in [1.29, 1.82) is 0 Å². The van der Waals surface area contributed by atoms with Gasteiger partial charge < -0.3 is 15.3 Å². The van der Waals surface area contributed by atoms with E-state index in [1.165, 1.54) is 0 Å². The van der Waals surface area contributed by atoms with Gasteiger partial charge in [-0.15, -0.1) is 0 Å². The van der Waals surface area contributed by atoms with Gasteiger partial charge in [-0.05, 0) is 19.0 Å². The van der Waals surface area contributed by atoms with Gasteiger partial charge in [0.05, 0.1) is 12.4 Å². The van der Waals surface area contributed by atoms with Crippen LogP contribution in [0.15, 0.2) is 34.9 Å². The molecule has 0 fully saturated rings.